The van der Waals surface area contributed by atoms with Crippen LogP contribution in [-0.4, -0.2) is 41.1 Å². The zero-order chi connectivity index (χ0) is 15.0. The molecule has 21 heavy (non-hydrogen) atoms. The number of carbonyl (C=O) groups is 2. The Kier molecular flexibility index (Phi) is 4.10. The monoisotopic (exact) mass is 325 g/mol. The van der Waals surface area contributed by atoms with E-state index in [-0.39, 0.29) is 24.3 Å². The summed E-state index contributed by atoms with van der Waals surface area (Å²) in [6.07, 6.45) is 1.03. The first-order valence-corrected chi connectivity index (χ1v) is 8.09. The fourth-order valence-electron chi connectivity index (χ4n) is 2.56. The fraction of sp³-hybridized carbons (Fsp3) is 0.429. The Morgan fingerprint density at radius 3 is 3.05 bits per heavy atom. The van der Waals surface area contributed by atoms with Crippen molar-refractivity contribution in [2.45, 2.75) is 29.0 Å². The normalized spacial score (nSPS) is 24.7. The van der Waals surface area contributed by atoms with E-state index in [1.165, 1.54) is 11.8 Å². The lowest BCUT2D eigenvalue weighted by molar-refractivity contribution is -0.131. The van der Waals surface area contributed by atoms with E-state index in [1.54, 1.807) is 17.0 Å². The van der Waals surface area contributed by atoms with Gasteiger partial charge in [0, 0.05) is 35.5 Å². The number of rotatable bonds is 2. The van der Waals surface area contributed by atoms with Gasteiger partial charge in [-0.05, 0) is 24.6 Å². The number of carbonyl (C=O) groups excluding carboxylic acids is 2. The van der Waals surface area contributed by atoms with Crippen LogP contribution in [-0.2, 0) is 9.59 Å². The Labute approximate surface area is 132 Å². The number of nitrogens with zero attached hydrogens (tertiary/aromatic N) is 1. The molecular weight excluding hydrogens is 310 g/mol. The number of halogens is 1. The predicted octanol–water partition coefficient (Wildman–Crippen LogP) is 1.70. The number of thioether (sulfide) groups is 1. The molecule has 0 bridgehead atoms. The number of amides is 2. The SMILES string of the molecule is N[C@@H]1CCN(C(=O)CC2Sc3ccc(Cl)cc3NC2=O)C1. The van der Waals surface area contributed by atoms with E-state index in [2.05, 4.69) is 5.32 Å². The number of fused-ring (bicyclic) bond motifs is 1. The predicted molar refractivity (Wildman–Crippen MR) is 83.5 cm³/mol. The van der Waals surface area contributed by atoms with E-state index in [4.69, 9.17) is 17.3 Å². The molecule has 1 fully saturated rings. The molecule has 1 aromatic carbocycles. The average molecular weight is 326 g/mol. The first kappa shape index (κ1) is 14.7. The average Bonchev–Trinajstić information content (AvgIpc) is 2.86. The van der Waals surface area contributed by atoms with Crippen LogP contribution in [0, 0.1) is 0 Å². The Balaban J connectivity index is 1.68. The topological polar surface area (TPSA) is 75.4 Å². The maximum absolute atomic E-state index is 12.2. The quantitative estimate of drug-likeness (QED) is 0.868. The van der Waals surface area contributed by atoms with Crippen molar-refractivity contribution in [2.75, 3.05) is 18.4 Å². The van der Waals surface area contributed by atoms with E-state index < -0.39 is 5.25 Å². The third-order valence-electron chi connectivity index (χ3n) is 3.70. The van der Waals surface area contributed by atoms with Crippen molar-refractivity contribution in [3.8, 4) is 0 Å². The van der Waals surface area contributed by atoms with E-state index in [0.29, 0.717) is 23.8 Å². The number of likely N-dealkylation sites (tertiary alicyclic amines) is 1. The van der Waals surface area contributed by atoms with E-state index in [0.717, 1.165) is 11.3 Å². The molecule has 0 aliphatic carbocycles. The number of hydrogen-bond donors (Lipinski definition) is 2. The summed E-state index contributed by atoms with van der Waals surface area (Å²) >= 11 is 7.32. The number of hydrogen-bond acceptors (Lipinski definition) is 4. The lowest BCUT2D eigenvalue weighted by Crippen LogP contribution is -2.37. The maximum Gasteiger partial charge on any atom is 0.238 e. The second-order valence-corrected chi connectivity index (χ2v) is 7.01. The van der Waals surface area contributed by atoms with Gasteiger partial charge < -0.3 is 16.0 Å². The van der Waals surface area contributed by atoms with Crippen LogP contribution in [0.2, 0.25) is 5.02 Å². The smallest absolute Gasteiger partial charge is 0.238 e. The lowest BCUT2D eigenvalue weighted by Gasteiger charge is -2.25. The van der Waals surface area contributed by atoms with Crippen LogP contribution in [0.25, 0.3) is 0 Å². The third kappa shape index (κ3) is 3.17. The molecule has 1 unspecified atom stereocenters. The van der Waals surface area contributed by atoms with Crippen LogP contribution in [0.3, 0.4) is 0 Å². The highest BCUT2D eigenvalue weighted by atomic mass is 35.5. The minimum atomic E-state index is -0.400. The van der Waals surface area contributed by atoms with Crippen molar-refractivity contribution in [3.05, 3.63) is 23.2 Å². The van der Waals surface area contributed by atoms with E-state index in [1.807, 2.05) is 6.07 Å². The summed E-state index contributed by atoms with van der Waals surface area (Å²) in [6, 6.07) is 5.43. The van der Waals surface area contributed by atoms with Gasteiger partial charge in [-0.3, -0.25) is 9.59 Å². The molecule has 3 rings (SSSR count). The molecule has 1 aromatic rings. The number of nitrogens with two attached hydrogens (primary N) is 1. The molecule has 3 N–H and O–H groups in total. The molecule has 5 nitrogen and oxygen atoms in total. The molecule has 0 saturated carbocycles. The highest BCUT2D eigenvalue weighted by Gasteiger charge is 2.32. The summed E-state index contributed by atoms with van der Waals surface area (Å²) in [7, 11) is 0. The van der Waals surface area contributed by atoms with Gasteiger partial charge in [0.2, 0.25) is 11.8 Å². The Morgan fingerprint density at radius 1 is 1.52 bits per heavy atom. The molecule has 0 spiro atoms. The molecular formula is C14H16ClN3O2S. The summed E-state index contributed by atoms with van der Waals surface area (Å²) < 4.78 is 0. The largest absolute Gasteiger partial charge is 0.341 e. The number of benzene rings is 1. The fourth-order valence-corrected chi connectivity index (χ4v) is 3.81. The molecule has 2 amide bonds. The van der Waals surface area contributed by atoms with Crippen molar-refractivity contribution in [2.24, 2.45) is 5.73 Å². The van der Waals surface area contributed by atoms with Gasteiger partial charge in [0.05, 0.1) is 10.9 Å². The van der Waals surface area contributed by atoms with Crippen LogP contribution in [0.1, 0.15) is 12.8 Å². The molecule has 112 valence electrons. The Hall–Kier alpha value is -1.24. The number of anilines is 1. The molecule has 1 saturated heterocycles. The van der Waals surface area contributed by atoms with Crippen LogP contribution in [0.4, 0.5) is 5.69 Å². The van der Waals surface area contributed by atoms with E-state index in [9.17, 15) is 9.59 Å². The van der Waals surface area contributed by atoms with Crippen molar-refractivity contribution in [1.82, 2.24) is 4.90 Å². The molecule has 2 heterocycles. The molecule has 2 atom stereocenters. The zero-order valence-electron chi connectivity index (χ0n) is 11.3. The first-order chi connectivity index (χ1) is 10.0. The van der Waals surface area contributed by atoms with E-state index >= 15 is 0 Å². The van der Waals surface area contributed by atoms with Crippen molar-refractivity contribution in [3.63, 3.8) is 0 Å². The van der Waals surface area contributed by atoms with Crippen LogP contribution < -0.4 is 11.1 Å². The van der Waals surface area contributed by atoms with Gasteiger partial charge in [0.15, 0.2) is 0 Å². The van der Waals surface area contributed by atoms with Gasteiger partial charge >= 0.3 is 0 Å². The van der Waals surface area contributed by atoms with Crippen LogP contribution in [0.15, 0.2) is 23.1 Å². The van der Waals surface area contributed by atoms with Crippen LogP contribution >= 0.6 is 23.4 Å². The Bertz CT molecular complexity index is 596. The second-order valence-electron chi connectivity index (χ2n) is 5.33. The zero-order valence-corrected chi connectivity index (χ0v) is 12.9. The third-order valence-corrected chi connectivity index (χ3v) is 5.21. The number of nitrogens with one attached hydrogen (secondary N) is 1. The molecule has 2 aliphatic rings. The lowest BCUT2D eigenvalue weighted by atomic mass is 10.2. The summed E-state index contributed by atoms with van der Waals surface area (Å²) in [5, 5.41) is 2.99. The minimum Gasteiger partial charge on any atom is -0.341 e. The highest BCUT2D eigenvalue weighted by molar-refractivity contribution is 8.01. The van der Waals surface area contributed by atoms with Crippen LogP contribution in [0.5, 0.6) is 0 Å². The summed E-state index contributed by atoms with van der Waals surface area (Å²) in [6.45, 7) is 1.27. The van der Waals surface area contributed by atoms with Crippen molar-refractivity contribution in [1.29, 1.82) is 0 Å². The summed E-state index contributed by atoms with van der Waals surface area (Å²) in [5.41, 5.74) is 6.52. The highest BCUT2D eigenvalue weighted by Crippen LogP contribution is 2.38. The van der Waals surface area contributed by atoms with Crippen molar-refractivity contribution >= 4 is 40.9 Å². The molecule has 7 heteroatoms. The van der Waals surface area contributed by atoms with Gasteiger partial charge in [0.1, 0.15) is 0 Å². The Morgan fingerprint density at radius 2 is 2.33 bits per heavy atom. The minimum absolute atomic E-state index is 0.00647. The second kappa shape index (κ2) is 5.87. The van der Waals surface area contributed by atoms with Gasteiger partial charge in [0.25, 0.3) is 0 Å². The molecule has 2 aliphatic heterocycles. The van der Waals surface area contributed by atoms with Gasteiger partial charge in [-0.15, -0.1) is 11.8 Å². The molecule has 0 aromatic heterocycles. The molecule has 0 radical (unpaired) electrons. The van der Waals surface area contributed by atoms with Gasteiger partial charge in [-0.1, -0.05) is 11.6 Å². The first-order valence-electron chi connectivity index (χ1n) is 6.83. The maximum atomic E-state index is 12.2. The summed E-state index contributed by atoms with van der Waals surface area (Å²) in [4.78, 5) is 27.0. The van der Waals surface area contributed by atoms with Gasteiger partial charge in [-0.25, -0.2) is 0 Å². The van der Waals surface area contributed by atoms with Gasteiger partial charge in [-0.2, -0.15) is 0 Å². The van der Waals surface area contributed by atoms with Crippen molar-refractivity contribution < 1.29 is 9.59 Å². The summed E-state index contributed by atoms with van der Waals surface area (Å²) in [5.74, 6) is -0.153. The standard InChI is InChI=1S/C14H16ClN3O2S/c15-8-1-2-11-10(5-8)17-14(20)12(21-11)6-13(19)18-4-3-9(16)7-18/h1-2,5,9,12H,3-4,6-7,16H2,(H,17,20)/t9-,12?/m1/s1.